The first-order valence-corrected chi connectivity index (χ1v) is 8.08. The fourth-order valence-corrected chi connectivity index (χ4v) is 2.29. The van der Waals surface area contributed by atoms with Gasteiger partial charge in [0.1, 0.15) is 5.82 Å². The van der Waals surface area contributed by atoms with E-state index in [9.17, 15) is 14.0 Å². The highest BCUT2D eigenvalue weighted by molar-refractivity contribution is 6.03. The molecule has 1 heterocycles. The number of anilines is 1. The summed E-state index contributed by atoms with van der Waals surface area (Å²) in [6.45, 7) is 1.72. The van der Waals surface area contributed by atoms with Crippen LogP contribution in [0.15, 0.2) is 76.4 Å². The number of rotatable bonds is 5. The monoisotopic (exact) mass is 365 g/mol. The van der Waals surface area contributed by atoms with Gasteiger partial charge in [-0.25, -0.2) is 9.82 Å². The first kappa shape index (κ1) is 18.1. The van der Waals surface area contributed by atoms with Crippen LogP contribution in [-0.2, 0) is 0 Å². The van der Waals surface area contributed by atoms with Gasteiger partial charge in [0, 0.05) is 11.3 Å². The number of hydrogen-bond donors (Lipinski definition) is 2. The first-order valence-electron chi connectivity index (χ1n) is 8.08. The van der Waals surface area contributed by atoms with Crippen molar-refractivity contribution in [3.05, 3.63) is 89.6 Å². The van der Waals surface area contributed by atoms with Crippen molar-refractivity contribution >= 4 is 23.2 Å². The summed E-state index contributed by atoms with van der Waals surface area (Å²) in [6, 6.07) is 15.5. The summed E-state index contributed by atoms with van der Waals surface area (Å²) in [6.07, 6.45) is 1.43. The fraction of sp³-hybridized carbons (Fsp3) is 0.0500. The number of benzene rings is 2. The van der Waals surface area contributed by atoms with E-state index < -0.39 is 11.7 Å². The molecule has 2 N–H and O–H groups in total. The molecule has 0 atom stereocenters. The molecule has 0 fully saturated rings. The predicted molar refractivity (Wildman–Crippen MR) is 99.2 cm³/mol. The smallest absolute Gasteiger partial charge is 0.291 e. The highest BCUT2D eigenvalue weighted by atomic mass is 19.1. The van der Waals surface area contributed by atoms with Gasteiger partial charge in [-0.1, -0.05) is 18.2 Å². The Kier molecular flexibility index (Phi) is 5.41. The maximum absolute atomic E-state index is 13.2. The largest absolute Gasteiger partial charge is 0.459 e. The number of nitrogens with zero attached hydrogens (tertiary/aromatic N) is 1. The summed E-state index contributed by atoms with van der Waals surface area (Å²) < 4.78 is 18.2. The summed E-state index contributed by atoms with van der Waals surface area (Å²) in [5, 5.41) is 6.73. The van der Waals surface area contributed by atoms with Crippen molar-refractivity contribution in [2.75, 3.05) is 5.32 Å². The maximum atomic E-state index is 13.2. The molecule has 27 heavy (non-hydrogen) atoms. The third kappa shape index (κ3) is 4.66. The second kappa shape index (κ2) is 8.09. The molecule has 136 valence electrons. The molecule has 0 saturated heterocycles. The minimum absolute atomic E-state index is 0.183. The van der Waals surface area contributed by atoms with Crippen LogP contribution >= 0.6 is 0 Å². The molecule has 1 aromatic heterocycles. The van der Waals surface area contributed by atoms with Crippen molar-refractivity contribution in [1.29, 1.82) is 0 Å². The van der Waals surface area contributed by atoms with E-state index in [1.165, 1.54) is 24.5 Å². The molecule has 6 nitrogen and oxygen atoms in total. The fourth-order valence-electron chi connectivity index (χ4n) is 2.29. The third-order valence-electron chi connectivity index (χ3n) is 3.72. The quantitative estimate of drug-likeness (QED) is 0.532. The number of carbonyl (C=O) groups is 2. The van der Waals surface area contributed by atoms with Crippen LogP contribution in [0, 0.1) is 5.82 Å². The van der Waals surface area contributed by atoms with Crippen molar-refractivity contribution < 1.29 is 18.4 Å². The molecule has 0 unspecified atom stereocenters. The SMILES string of the molecule is CC(=NNC(=O)c1cccc(F)c1)c1ccc(NC(=O)c2ccco2)cc1. The van der Waals surface area contributed by atoms with Crippen LogP contribution in [0.25, 0.3) is 0 Å². The van der Waals surface area contributed by atoms with Gasteiger partial charge >= 0.3 is 0 Å². The predicted octanol–water partition coefficient (Wildman–Crippen LogP) is 3.83. The highest BCUT2D eigenvalue weighted by Crippen LogP contribution is 2.12. The number of amides is 2. The van der Waals surface area contributed by atoms with Crippen LogP contribution in [-0.4, -0.2) is 17.5 Å². The van der Waals surface area contributed by atoms with Crippen LogP contribution in [0.5, 0.6) is 0 Å². The van der Waals surface area contributed by atoms with Crippen molar-refractivity contribution in [1.82, 2.24) is 5.43 Å². The van der Waals surface area contributed by atoms with Gasteiger partial charge in [0.05, 0.1) is 12.0 Å². The summed E-state index contributed by atoms with van der Waals surface area (Å²) in [5.41, 5.74) is 4.48. The van der Waals surface area contributed by atoms with E-state index >= 15 is 0 Å². The number of hydrogen-bond acceptors (Lipinski definition) is 4. The number of hydrazone groups is 1. The minimum Gasteiger partial charge on any atom is -0.459 e. The van der Waals surface area contributed by atoms with Gasteiger partial charge in [-0.2, -0.15) is 5.10 Å². The van der Waals surface area contributed by atoms with E-state index in [4.69, 9.17) is 4.42 Å². The Labute approximate surface area is 154 Å². The van der Waals surface area contributed by atoms with Gasteiger partial charge in [0.25, 0.3) is 11.8 Å². The van der Waals surface area contributed by atoms with Gasteiger partial charge in [-0.15, -0.1) is 0 Å². The van der Waals surface area contributed by atoms with Gasteiger partial charge in [0.15, 0.2) is 5.76 Å². The molecule has 0 spiro atoms. The minimum atomic E-state index is -0.504. The van der Waals surface area contributed by atoms with Gasteiger partial charge < -0.3 is 9.73 Å². The lowest BCUT2D eigenvalue weighted by molar-refractivity contribution is 0.0953. The molecule has 2 aromatic carbocycles. The Morgan fingerprint density at radius 3 is 2.41 bits per heavy atom. The molecule has 3 rings (SSSR count). The first-order chi connectivity index (χ1) is 13.0. The van der Waals surface area contributed by atoms with Crippen molar-refractivity contribution in [3.63, 3.8) is 0 Å². The molecule has 3 aromatic rings. The Morgan fingerprint density at radius 1 is 0.963 bits per heavy atom. The summed E-state index contributed by atoms with van der Waals surface area (Å²) in [5.74, 6) is -1.12. The molecule has 0 aliphatic rings. The number of halogens is 1. The molecule has 0 bridgehead atoms. The van der Waals surface area contributed by atoms with Crippen LogP contribution in [0.4, 0.5) is 10.1 Å². The topological polar surface area (TPSA) is 83.7 Å². The molecule has 0 radical (unpaired) electrons. The summed E-state index contributed by atoms with van der Waals surface area (Å²) in [4.78, 5) is 23.9. The molecule has 7 heteroatoms. The second-order valence-electron chi connectivity index (χ2n) is 5.66. The zero-order valence-corrected chi connectivity index (χ0v) is 14.4. The zero-order valence-electron chi connectivity index (χ0n) is 14.4. The van der Waals surface area contributed by atoms with Crippen molar-refractivity contribution in [3.8, 4) is 0 Å². The number of carbonyl (C=O) groups excluding carboxylic acids is 2. The van der Waals surface area contributed by atoms with Crippen LogP contribution in [0.2, 0.25) is 0 Å². The lowest BCUT2D eigenvalue weighted by Crippen LogP contribution is -2.19. The zero-order chi connectivity index (χ0) is 19.2. The highest BCUT2D eigenvalue weighted by Gasteiger charge is 2.09. The molecule has 0 saturated carbocycles. The number of furan rings is 1. The summed E-state index contributed by atoms with van der Waals surface area (Å²) in [7, 11) is 0. The lowest BCUT2D eigenvalue weighted by Gasteiger charge is -2.06. The van der Waals surface area contributed by atoms with Crippen molar-refractivity contribution in [2.24, 2.45) is 5.10 Å². The Balaban J connectivity index is 1.63. The molecule has 0 aliphatic heterocycles. The Morgan fingerprint density at radius 2 is 1.74 bits per heavy atom. The third-order valence-corrected chi connectivity index (χ3v) is 3.72. The van der Waals surface area contributed by atoms with Gasteiger partial charge in [0.2, 0.25) is 0 Å². The average Bonchev–Trinajstić information content (AvgIpc) is 3.21. The van der Waals surface area contributed by atoms with Crippen LogP contribution in [0.3, 0.4) is 0 Å². The van der Waals surface area contributed by atoms with Gasteiger partial charge in [-0.3, -0.25) is 9.59 Å². The Bertz CT molecular complexity index is 980. The van der Waals surface area contributed by atoms with E-state index in [1.807, 2.05) is 0 Å². The molecule has 2 amide bonds. The van der Waals surface area contributed by atoms with Crippen LogP contribution < -0.4 is 10.7 Å². The average molecular weight is 365 g/mol. The number of nitrogens with one attached hydrogen (secondary N) is 2. The van der Waals surface area contributed by atoms with Crippen LogP contribution in [0.1, 0.15) is 33.4 Å². The van der Waals surface area contributed by atoms with E-state index in [1.54, 1.807) is 43.3 Å². The normalized spacial score (nSPS) is 11.1. The Hall–Kier alpha value is -3.74. The molecular formula is C20H16FN3O3. The second-order valence-corrected chi connectivity index (χ2v) is 5.66. The van der Waals surface area contributed by atoms with E-state index in [2.05, 4.69) is 15.8 Å². The summed E-state index contributed by atoms with van der Waals surface area (Å²) >= 11 is 0. The maximum Gasteiger partial charge on any atom is 0.291 e. The van der Waals surface area contributed by atoms with E-state index in [-0.39, 0.29) is 17.2 Å². The molecular weight excluding hydrogens is 349 g/mol. The van der Waals surface area contributed by atoms with E-state index in [0.29, 0.717) is 11.4 Å². The standard InChI is InChI=1S/C20H16FN3O3/c1-13(23-24-19(25)15-4-2-5-16(21)12-15)14-7-9-17(10-8-14)22-20(26)18-6-3-11-27-18/h2-12H,1H3,(H,22,26)(H,24,25). The van der Waals surface area contributed by atoms with E-state index in [0.717, 1.165) is 11.6 Å². The van der Waals surface area contributed by atoms with Gasteiger partial charge in [-0.05, 0) is 55.0 Å². The lowest BCUT2D eigenvalue weighted by atomic mass is 10.1. The van der Waals surface area contributed by atoms with Crippen molar-refractivity contribution in [2.45, 2.75) is 6.92 Å². The molecule has 0 aliphatic carbocycles.